The van der Waals surface area contributed by atoms with Gasteiger partial charge in [-0.25, -0.2) is 4.39 Å². The van der Waals surface area contributed by atoms with Gasteiger partial charge in [-0.15, -0.1) is 0 Å². The summed E-state index contributed by atoms with van der Waals surface area (Å²) in [7, 11) is 3.22. The van der Waals surface area contributed by atoms with E-state index in [2.05, 4.69) is 5.10 Å². The van der Waals surface area contributed by atoms with Gasteiger partial charge in [0, 0.05) is 7.05 Å². The van der Waals surface area contributed by atoms with Crippen molar-refractivity contribution < 1.29 is 9.13 Å². The lowest BCUT2D eigenvalue weighted by Gasteiger charge is -2.12. The van der Waals surface area contributed by atoms with E-state index in [1.807, 2.05) is 6.92 Å². The summed E-state index contributed by atoms with van der Waals surface area (Å²) in [6, 6.07) is 3.22. The van der Waals surface area contributed by atoms with Crippen LogP contribution >= 0.6 is 0 Å². The van der Waals surface area contributed by atoms with Crippen molar-refractivity contribution >= 4 is 5.69 Å². The fourth-order valence-electron chi connectivity index (χ4n) is 1.86. The lowest BCUT2D eigenvalue weighted by Crippen LogP contribution is -2.01. The van der Waals surface area contributed by atoms with Gasteiger partial charge >= 0.3 is 0 Å². The quantitative estimate of drug-likeness (QED) is 0.867. The molecule has 0 aliphatic rings. The Hall–Kier alpha value is -2.04. The first-order valence-electron chi connectivity index (χ1n) is 5.16. The fraction of sp³-hybridized carbons (Fsp3) is 0.250. The molecule has 1 aromatic carbocycles. The molecule has 2 N–H and O–H groups in total. The van der Waals surface area contributed by atoms with Gasteiger partial charge in [-0.2, -0.15) is 5.10 Å². The van der Waals surface area contributed by atoms with E-state index in [1.54, 1.807) is 13.1 Å². The number of ether oxygens (including phenoxy) is 1. The largest absolute Gasteiger partial charge is 0.496 e. The van der Waals surface area contributed by atoms with Crippen LogP contribution in [0.25, 0.3) is 11.3 Å². The molecule has 90 valence electrons. The van der Waals surface area contributed by atoms with Crippen LogP contribution in [-0.2, 0) is 7.05 Å². The number of halogens is 1. The number of benzene rings is 1. The number of aryl methyl sites for hydroxylation is 2. The molecule has 0 unspecified atom stereocenters. The molecule has 4 nitrogen and oxygen atoms in total. The van der Waals surface area contributed by atoms with Crippen molar-refractivity contribution in [2.75, 3.05) is 12.8 Å². The smallest absolute Gasteiger partial charge is 0.136 e. The van der Waals surface area contributed by atoms with Crippen LogP contribution in [0.15, 0.2) is 18.3 Å². The average molecular weight is 235 g/mol. The Morgan fingerprint density at radius 3 is 2.65 bits per heavy atom. The van der Waals surface area contributed by atoms with Gasteiger partial charge in [-0.1, -0.05) is 0 Å². The molecule has 0 aliphatic heterocycles. The zero-order valence-corrected chi connectivity index (χ0v) is 9.99. The van der Waals surface area contributed by atoms with Gasteiger partial charge in [0.25, 0.3) is 0 Å². The van der Waals surface area contributed by atoms with Crippen LogP contribution in [0.3, 0.4) is 0 Å². The molecular formula is C12H14FN3O. The summed E-state index contributed by atoms with van der Waals surface area (Å²) < 4.78 is 20.8. The highest BCUT2D eigenvalue weighted by molar-refractivity contribution is 5.78. The minimum atomic E-state index is -0.364. The molecule has 0 amide bonds. The van der Waals surface area contributed by atoms with Crippen LogP contribution in [-0.4, -0.2) is 16.9 Å². The molecule has 1 heterocycles. The highest BCUT2D eigenvalue weighted by Crippen LogP contribution is 2.36. The normalized spacial score (nSPS) is 10.6. The highest BCUT2D eigenvalue weighted by Gasteiger charge is 2.18. The van der Waals surface area contributed by atoms with Crippen LogP contribution in [0.1, 0.15) is 5.56 Å². The van der Waals surface area contributed by atoms with Crippen LogP contribution < -0.4 is 10.5 Å². The number of nitrogens with zero attached hydrogens (tertiary/aromatic N) is 2. The Morgan fingerprint density at radius 2 is 2.12 bits per heavy atom. The maximum absolute atomic E-state index is 14.0. The lowest BCUT2D eigenvalue weighted by molar-refractivity contribution is 0.412. The predicted octanol–water partition coefficient (Wildman–Crippen LogP) is 2.13. The van der Waals surface area contributed by atoms with Crippen molar-refractivity contribution in [3.05, 3.63) is 29.7 Å². The number of hydrogen-bond acceptors (Lipinski definition) is 3. The Morgan fingerprint density at radius 1 is 1.41 bits per heavy atom. The molecular weight excluding hydrogens is 221 g/mol. The number of methoxy groups -OCH3 is 1. The van der Waals surface area contributed by atoms with Crippen LogP contribution in [0.4, 0.5) is 10.1 Å². The zero-order chi connectivity index (χ0) is 12.6. The van der Waals surface area contributed by atoms with Gasteiger partial charge in [-0.05, 0) is 24.6 Å². The van der Waals surface area contributed by atoms with Gasteiger partial charge < -0.3 is 10.5 Å². The molecule has 5 heteroatoms. The minimum absolute atomic E-state index is 0.343. The molecule has 17 heavy (non-hydrogen) atoms. The van der Waals surface area contributed by atoms with E-state index < -0.39 is 0 Å². The van der Waals surface area contributed by atoms with Gasteiger partial charge in [-0.3, -0.25) is 4.68 Å². The number of nitrogens with two attached hydrogens (primary N) is 1. The van der Waals surface area contributed by atoms with Gasteiger partial charge in [0.05, 0.1) is 30.3 Å². The molecule has 0 saturated heterocycles. The van der Waals surface area contributed by atoms with Gasteiger partial charge in [0.15, 0.2) is 0 Å². The van der Waals surface area contributed by atoms with E-state index in [0.717, 1.165) is 5.56 Å². The van der Waals surface area contributed by atoms with E-state index in [4.69, 9.17) is 10.5 Å². The zero-order valence-electron chi connectivity index (χ0n) is 9.99. The molecule has 0 radical (unpaired) electrons. The standard InChI is InChI=1S/C12H14FN3O/c1-7-4-8(13)11(10(5-7)17-3)12-9(14)6-15-16(12)2/h4-6H,14H2,1-3H3. The van der Waals surface area contributed by atoms with E-state index in [1.165, 1.54) is 24.1 Å². The Labute approximate surface area is 98.8 Å². The summed E-state index contributed by atoms with van der Waals surface area (Å²) in [6.07, 6.45) is 1.49. The number of nitrogen functional groups attached to an aromatic ring is 1. The highest BCUT2D eigenvalue weighted by atomic mass is 19.1. The summed E-state index contributed by atoms with van der Waals surface area (Å²) >= 11 is 0. The molecule has 2 aromatic rings. The molecule has 0 spiro atoms. The van der Waals surface area contributed by atoms with Gasteiger partial charge in [0.1, 0.15) is 11.6 Å². The second kappa shape index (κ2) is 4.08. The van der Waals surface area contributed by atoms with Crippen LogP contribution in [0.2, 0.25) is 0 Å². The number of aromatic nitrogens is 2. The molecule has 0 fully saturated rings. The molecule has 0 saturated carbocycles. The van der Waals surface area contributed by atoms with E-state index in [0.29, 0.717) is 22.7 Å². The summed E-state index contributed by atoms with van der Waals surface area (Å²) in [5.41, 5.74) is 7.89. The van der Waals surface area contributed by atoms with E-state index >= 15 is 0 Å². The van der Waals surface area contributed by atoms with Crippen molar-refractivity contribution in [3.63, 3.8) is 0 Å². The molecule has 1 aromatic heterocycles. The molecule has 0 aliphatic carbocycles. The number of hydrogen-bond donors (Lipinski definition) is 1. The number of anilines is 1. The van der Waals surface area contributed by atoms with Crippen molar-refractivity contribution in [3.8, 4) is 17.0 Å². The minimum Gasteiger partial charge on any atom is -0.496 e. The Balaban J connectivity index is 2.75. The van der Waals surface area contributed by atoms with Crippen LogP contribution in [0, 0.1) is 12.7 Å². The average Bonchev–Trinajstić information content (AvgIpc) is 2.59. The van der Waals surface area contributed by atoms with Crippen molar-refractivity contribution in [2.45, 2.75) is 6.92 Å². The topological polar surface area (TPSA) is 53.1 Å². The van der Waals surface area contributed by atoms with Gasteiger partial charge in [0.2, 0.25) is 0 Å². The SMILES string of the molecule is COc1cc(C)cc(F)c1-c1c(N)cnn1C. The van der Waals surface area contributed by atoms with Crippen molar-refractivity contribution in [1.82, 2.24) is 9.78 Å². The molecule has 0 bridgehead atoms. The van der Waals surface area contributed by atoms with Crippen molar-refractivity contribution in [1.29, 1.82) is 0 Å². The first kappa shape index (κ1) is 11.4. The monoisotopic (exact) mass is 235 g/mol. The third-order valence-electron chi connectivity index (χ3n) is 2.62. The fourth-order valence-corrected chi connectivity index (χ4v) is 1.86. The van der Waals surface area contributed by atoms with E-state index in [-0.39, 0.29) is 5.82 Å². The second-order valence-electron chi connectivity index (χ2n) is 3.90. The maximum Gasteiger partial charge on any atom is 0.136 e. The summed E-state index contributed by atoms with van der Waals surface area (Å²) in [6.45, 7) is 1.81. The number of rotatable bonds is 2. The Kier molecular flexibility index (Phi) is 2.75. The molecule has 2 rings (SSSR count). The third-order valence-corrected chi connectivity index (χ3v) is 2.62. The summed E-state index contributed by atoms with van der Waals surface area (Å²) in [5.74, 6) is 0.0925. The first-order valence-corrected chi connectivity index (χ1v) is 5.16. The Bertz CT molecular complexity index is 544. The summed E-state index contributed by atoms with van der Waals surface area (Å²) in [5, 5.41) is 4.00. The third kappa shape index (κ3) is 1.84. The molecule has 0 atom stereocenters. The van der Waals surface area contributed by atoms with Crippen molar-refractivity contribution in [2.24, 2.45) is 7.05 Å². The predicted molar refractivity (Wildman–Crippen MR) is 64.3 cm³/mol. The maximum atomic E-state index is 14.0. The second-order valence-corrected chi connectivity index (χ2v) is 3.90. The van der Waals surface area contributed by atoms with E-state index in [9.17, 15) is 4.39 Å². The van der Waals surface area contributed by atoms with Crippen LogP contribution in [0.5, 0.6) is 5.75 Å². The first-order chi connectivity index (χ1) is 8.04. The summed E-state index contributed by atoms with van der Waals surface area (Å²) in [4.78, 5) is 0. The lowest BCUT2D eigenvalue weighted by atomic mass is 10.1.